The average Bonchev–Trinajstić information content (AvgIpc) is 2.60. The molecule has 0 bridgehead atoms. The monoisotopic (exact) mass is 464 g/mol. The number of benzene rings is 2. The molecule has 5 nitrogen and oxygen atoms in total. The molecule has 0 heterocycles. The van der Waals surface area contributed by atoms with Gasteiger partial charge in [0.15, 0.2) is 11.5 Å². The highest BCUT2D eigenvalue weighted by Gasteiger charge is 2.13. The highest BCUT2D eigenvalue weighted by atomic mass is 79.9. The number of hydrogen-bond donors (Lipinski definition) is 1. The Morgan fingerprint density at radius 1 is 1.16 bits per heavy atom. The first-order chi connectivity index (χ1) is 12.0. The van der Waals surface area contributed by atoms with Gasteiger partial charge in [-0.15, -0.1) is 0 Å². The molecule has 2 rings (SSSR count). The van der Waals surface area contributed by atoms with Crippen molar-refractivity contribution in [3.8, 4) is 17.6 Å². The minimum absolute atomic E-state index is 0.0344. The number of rotatable bonds is 5. The zero-order valence-corrected chi connectivity index (χ0v) is 16.6. The van der Waals surface area contributed by atoms with Gasteiger partial charge in [0.1, 0.15) is 11.6 Å². The van der Waals surface area contributed by atoms with E-state index in [1.807, 2.05) is 12.1 Å². The second kappa shape index (κ2) is 8.70. The van der Waals surface area contributed by atoms with E-state index in [1.54, 1.807) is 30.3 Å². The van der Waals surface area contributed by atoms with Crippen LogP contribution in [-0.4, -0.2) is 20.1 Å². The van der Waals surface area contributed by atoms with Crippen LogP contribution in [0.2, 0.25) is 0 Å². The summed E-state index contributed by atoms with van der Waals surface area (Å²) in [6.07, 6.45) is 1.49. The first kappa shape index (κ1) is 19.0. The van der Waals surface area contributed by atoms with Crippen molar-refractivity contribution in [1.82, 2.24) is 0 Å². The van der Waals surface area contributed by atoms with Gasteiger partial charge in [-0.05, 0) is 42.0 Å². The fraction of sp³-hybridized carbons (Fsp3) is 0.111. The van der Waals surface area contributed by atoms with Gasteiger partial charge >= 0.3 is 0 Å². The quantitative estimate of drug-likeness (QED) is 0.509. The van der Waals surface area contributed by atoms with E-state index in [4.69, 9.17) is 9.47 Å². The van der Waals surface area contributed by atoms with Crippen LogP contribution in [0.4, 0.5) is 5.69 Å². The molecule has 7 heteroatoms. The van der Waals surface area contributed by atoms with Crippen molar-refractivity contribution in [3.05, 3.63) is 56.5 Å². The predicted molar refractivity (Wildman–Crippen MR) is 104 cm³/mol. The molecule has 0 saturated carbocycles. The normalized spacial score (nSPS) is 10.8. The molecule has 0 aromatic heterocycles. The highest BCUT2D eigenvalue weighted by molar-refractivity contribution is 9.10. The van der Waals surface area contributed by atoms with E-state index < -0.39 is 5.91 Å². The molecule has 0 atom stereocenters. The van der Waals surface area contributed by atoms with Gasteiger partial charge < -0.3 is 14.8 Å². The zero-order chi connectivity index (χ0) is 18.4. The van der Waals surface area contributed by atoms with Crippen LogP contribution in [-0.2, 0) is 4.79 Å². The maximum atomic E-state index is 12.4. The standard InChI is InChI=1S/C18H14Br2N2O3/c1-24-16-7-11(15(20)9-17(16)25-2)6-12(10-21)18(23)22-14-5-3-4-13(19)8-14/h3-9H,1-2H3,(H,22,23)/b12-6-. The Morgan fingerprint density at radius 3 is 2.44 bits per heavy atom. The fourth-order valence-electron chi connectivity index (χ4n) is 2.05. The third kappa shape index (κ3) is 4.84. The molecule has 0 unspecified atom stereocenters. The topological polar surface area (TPSA) is 71.3 Å². The largest absolute Gasteiger partial charge is 0.493 e. The van der Waals surface area contributed by atoms with Crippen LogP contribution in [0.5, 0.6) is 11.5 Å². The van der Waals surface area contributed by atoms with E-state index in [9.17, 15) is 10.1 Å². The molecule has 0 saturated heterocycles. The lowest BCUT2D eigenvalue weighted by Gasteiger charge is -2.10. The molecule has 0 aliphatic rings. The summed E-state index contributed by atoms with van der Waals surface area (Å²) in [5.74, 6) is 0.549. The number of nitrogens with one attached hydrogen (secondary N) is 1. The maximum Gasteiger partial charge on any atom is 0.266 e. The Hall–Kier alpha value is -2.30. The van der Waals surface area contributed by atoms with E-state index >= 15 is 0 Å². The number of carbonyl (C=O) groups excluding carboxylic acids is 1. The number of amides is 1. The minimum Gasteiger partial charge on any atom is -0.493 e. The Labute approximate surface area is 162 Å². The van der Waals surface area contributed by atoms with Gasteiger partial charge in [0, 0.05) is 14.6 Å². The lowest BCUT2D eigenvalue weighted by atomic mass is 10.1. The summed E-state index contributed by atoms with van der Waals surface area (Å²) < 4.78 is 12.0. The molecule has 0 fully saturated rings. The predicted octanol–water partition coefficient (Wildman–Crippen LogP) is 4.77. The summed E-state index contributed by atoms with van der Waals surface area (Å²) in [7, 11) is 3.05. The molecule has 1 amide bonds. The third-order valence-electron chi connectivity index (χ3n) is 3.25. The van der Waals surface area contributed by atoms with Crippen molar-refractivity contribution in [2.24, 2.45) is 0 Å². The van der Waals surface area contributed by atoms with Crippen molar-refractivity contribution in [3.63, 3.8) is 0 Å². The number of hydrogen-bond acceptors (Lipinski definition) is 4. The van der Waals surface area contributed by atoms with Gasteiger partial charge in [-0.2, -0.15) is 5.26 Å². The molecule has 0 spiro atoms. The van der Waals surface area contributed by atoms with Crippen LogP contribution in [0.1, 0.15) is 5.56 Å². The lowest BCUT2D eigenvalue weighted by Crippen LogP contribution is -2.13. The second-order valence-electron chi connectivity index (χ2n) is 4.86. The molecule has 128 valence electrons. The number of nitriles is 1. The average molecular weight is 466 g/mol. The Morgan fingerprint density at radius 2 is 1.84 bits per heavy atom. The van der Waals surface area contributed by atoms with Crippen LogP contribution in [0.25, 0.3) is 6.08 Å². The first-order valence-corrected chi connectivity index (χ1v) is 8.67. The molecule has 0 aliphatic carbocycles. The van der Waals surface area contributed by atoms with Crippen molar-refractivity contribution >= 4 is 49.5 Å². The van der Waals surface area contributed by atoms with Crippen molar-refractivity contribution in [2.75, 3.05) is 19.5 Å². The molecule has 2 aromatic carbocycles. The molecular weight excluding hydrogens is 452 g/mol. The number of methoxy groups -OCH3 is 2. The van der Waals surface area contributed by atoms with E-state index in [1.165, 1.54) is 20.3 Å². The van der Waals surface area contributed by atoms with Gasteiger partial charge in [-0.25, -0.2) is 0 Å². The van der Waals surface area contributed by atoms with Crippen LogP contribution in [0.15, 0.2) is 50.9 Å². The van der Waals surface area contributed by atoms with Crippen molar-refractivity contribution in [1.29, 1.82) is 5.26 Å². The molecule has 2 aromatic rings. The summed E-state index contributed by atoms with van der Waals surface area (Å²) >= 11 is 6.74. The van der Waals surface area contributed by atoms with E-state index in [-0.39, 0.29) is 5.57 Å². The first-order valence-electron chi connectivity index (χ1n) is 7.08. The summed E-state index contributed by atoms with van der Waals surface area (Å²) in [4.78, 5) is 12.4. The van der Waals surface area contributed by atoms with Gasteiger partial charge in [-0.3, -0.25) is 4.79 Å². The van der Waals surface area contributed by atoms with Gasteiger partial charge in [0.2, 0.25) is 0 Å². The maximum absolute atomic E-state index is 12.4. The number of anilines is 1. The van der Waals surface area contributed by atoms with Crippen molar-refractivity contribution in [2.45, 2.75) is 0 Å². The number of halogens is 2. The van der Waals surface area contributed by atoms with Crippen LogP contribution < -0.4 is 14.8 Å². The van der Waals surface area contributed by atoms with Gasteiger partial charge in [0.05, 0.1) is 14.2 Å². The summed E-state index contributed by atoms with van der Waals surface area (Å²) in [6, 6.07) is 12.5. The molecule has 0 radical (unpaired) electrons. The second-order valence-corrected chi connectivity index (χ2v) is 6.63. The highest BCUT2D eigenvalue weighted by Crippen LogP contribution is 2.34. The Bertz CT molecular complexity index is 873. The molecule has 25 heavy (non-hydrogen) atoms. The Kier molecular flexibility index (Phi) is 6.62. The van der Waals surface area contributed by atoms with Crippen LogP contribution in [0, 0.1) is 11.3 Å². The third-order valence-corrected chi connectivity index (χ3v) is 4.43. The smallest absolute Gasteiger partial charge is 0.266 e. The van der Waals surface area contributed by atoms with Gasteiger partial charge in [-0.1, -0.05) is 37.9 Å². The van der Waals surface area contributed by atoms with E-state index in [2.05, 4.69) is 37.2 Å². The van der Waals surface area contributed by atoms with Crippen molar-refractivity contribution < 1.29 is 14.3 Å². The number of nitrogens with zero attached hydrogens (tertiary/aromatic N) is 1. The van der Waals surface area contributed by atoms with E-state index in [0.29, 0.717) is 27.2 Å². The van der Waals surface area contributed by atoms with Crippen LogP contribution in [0.3, 0.4) is 0 Å². The summed E-state index contributed by atoms with van der Waals surface area (Å²) in [6.45, 7) is 0. The molecule has 1 N–H and O–H groups in total. The number of carbonyl (C=O) groups is 1. The summed E-state index contributed by atoms with van der Waals surface area (Å²) in [5.41, 5.74) is 1.18. The zero-order valence-electron chi connectivity index (χ0n) is 13.5. The van der Waals surface area contributed by atoms with E-state index in [0.717, 1.165) is 4.47 Å². The van der Waals surface area contributed by atoms with Crippen LogP contribution >= 0.6 is 31.9 Å². The van der Waals surface area contributed by atoms with Gasteiger partial charge in [0.25, 0.3) is 5.91 Å². The number of ether oxygens (including phenoxy) is 2. The minimum atomic E-state index is -0.498. The molecular formula is C18H14Br2N2O3. The summed E-state index contributed by atoms with van der Waals surface area (Å²) in [5, 5.41) is 12.0. The Balaban J connectivity index is 2.34. The lowest BCUT2D eigenvalue weighted by molar-refractivity contribution is -0.112. The molecule has 0 aliphatic heterocycles. The fourth-order valence-corrected chi connectivity index (χ4v) is 2.89. The SMILES string of the molecule is COc1cc(Br)c(/C=C(/C#N)C(=O)Nc2cccc(Br)c2)cc1OC.